The zero-order valence-corrected chi connectivity index (χ0v) is 11.0. The second-order valence-corrected chi connectivity index (χ2v) is 5.08. The van der Waals surface area contributed by atoms with E-state index in [9.17, 15) is 4.79 Å². The molecule has 0 spiro atoms. The molecule has 0 radical (unpaired) electrons. The molecule has 0 atom stereocenters. The van der Waals surface area contributed by atoms with Crippen LogP contribution in [-0.2, 0) is 0 Å². The largest absolute Gasteiger partial charge is 0.339 e. The SMILES string of the molecule is O=C(c1cccc2ncccc12)N1CCCCCC1. The summed E-state index contributed by atoms with van der Waals surface area (Å²) in [5.74, 6) is 0.153. The number of hydrogen-bond donors (Lipinski definition) is 0. The molecular weight excluding hydrogens is 236 g/mol. The van der Waals surface area contributed by atoms with E-state index in [1.807, 2.05) is 35.2 Å². The first-order chi connectivity index (χ1) is 9.36. The quantitative estimate of drug-likeness (QED) is 0.782. The number of amides is 1. The molecule has 1 aromatic heterocycles. The molecule has 3 nitrogen and oxygen atoms in total. The van der Waals surface area contributed by atoms with Crippen LogP contribution in [0.2, 0.25) is 0 Å². The van der Waals surface area contributed by atoms with Gasteiger partial charge in [0.25, 0.3) is 5.91 Å². The molecule has 2 heterocycles. The zero-order valence-electron chi connectivity index (χ0n) is 11.0. The second kappa shape index (κ2) is 5.39. The average molecular weight is 254 g/mol. The first kappa shape index (κ1) is 12.2. The van der Waals surface area contributed by atoms with E-state index in [1.165, 1.54) is 12.8 Å². The van der Waals surface area contributed by atoms with Gasteiger partial charge in [-0.2, -0.15) is 0 Å². The van der Waals surface area contributed by atoms with Crippen LogP contribution in [0.15, 0.2) is 36.5 Å². The highest BCUT2D eigenvalue weighted by Crippen LogP contribution is 2.20. The molecule has 2 aromatic rings. The highest BCUT2D eigenvalue weighted by Gasteiger charge is 2.18. The Morgan fingerprint density at radius 2 is 1.79 bits per heavy atom. The maximum absolute atomic E-state index is 12.7. The normalized spacial score (nSPS) is 16.3. The van der Waals surface area contributed by atoms with Gasteiger partial charge in [-0.15, -0.1) is 0 Å². The van der Waals surface area contributed by atoms with E-state index >= 15 is 0 Å². The lowest BCUT2D eigenvalue weighted by molar-refractivity contribution is 0.0763. The van der Waals surface area contributed by atoms with E-state index in [4.69, 9.17) is 0 Å². The lowest BCUT2D eigenvalue weighted by Gasteiger charge is -2.21. The Labute approximate surface area is 113 Å². The van der Waals surface area contributed by atoms with Crippen LogP contribution in [0, 0.1) is 0 Å². The monoisotopic (exact) mass is 254 g/mol. The van der Waals surface area contributed by atoms with E-state index in [0.29, 0.717) is 0 Å². The van der Waals surface area contributed by atoms with Crippen molar-refractivity contribution in [1.29, 1.82) is 0 Å². The van der Waals surface area contributed by atoms with Crippen molar-refractivity contribution in [3.63, 3.8) is 0 Å². The number of fused-ring (bicyclic) bond motifs is 1. The number of likely N-dealkylation sites (tertiary alicyclic amines) is 1. The van der Waals surface area contributed by atoms with Gasteiger partial charge < -0.3 is 4.90 Å². The fourth-order valence-corrected chi connectivity index (χ4v) is 2.73. The predicted molar refractivity (Wildman–Crippen MR) is 76.1 cm³/mol. The van der Waals surface area contributed by atoms with Crippen LogP contribution in [0.25, 0.3) is 10.9 Å². The third kappa shape index (κ3) is 2.46. The number of carbonyl (C=O) groups excluding carboxylic acids is 1. The molecule has 19 heavy (non-hydrogen) atoms. The van der Waals surface area contributed by atoms with Gasteiger partial charge in [0.05, 0.1) is 5.52 Å². The van der Waals surface area contributed by atoms with Crippen molar-refractivity contribution in [2.75, 3.05) is 13.1 Å². The molecule has 0 unspecified atom stereocenters. The minimum atomic E-state index is 0.153. The fourth-order valence-electron chi connectivity index (χ4n) is 2.73. The van der Waals surface area contributed by atoms with Crippen molar-refractivity contribution in [3.8, 4) is 0 Å². The Kier molecular flexibility index (Phi) is 3.45. The van der Waals surface area contributed by atoms with Crippen molar-refractivity contribution in [2.45, 2.75) is 25.7 Å². The molecule has 3 heteroatoms. The molecule has 3 rings (SSSR count). The van der Waals surface area contributed by atoms with E-state index in [1.54, 1.807) is 6.20 Å². The van der Waals surface area contributed by atoms with Crippen molar-refractivity contribution < 1.29 is 4.79 Å². The highest BCUT2D eigenvalue weighted by molar-refractivity contribution is 6.06. The first-order valence-corrected chi connectivity index (χ1v) is 6.99. The van der Waals surface area contributed by atoms with E-state index < -0.39 is 0 Å². The van der Waals surface area contributed by atoms with Gasteiger partial charge in [-0.05, 0) is 31.0 Å². The van der Waals surface area contributed by atoms with Crippen molar-refractivity contribution in [3.05, 3.63) is 42.1 Å². The predicted octanol–water partition coefficient (Wildman–Crippen LogP) is 3.25. The molecule has 1 saturated heterocycles. The molecule has 0 saturated carbocycles. The van der Waals surface area contributed by atoms with Gasteiger partial charge >= 0.3 is 0 Å². The van der Waals surface area contributed by atoms with Crippen molar-refractivity contribution in [2.24, 2.45) is 0 Å². The molecule has 1 fully saturated rings. The minimum Gasteiger partial charge on any atom is -0.339 e. The number of nitrogens with zero attached hydrogens (tertiary/aromatic N) is 2. The minimum absolute atomic E-state index is 0.153. The van der Waals surface area contributed by atoms with Gasteiger partial charge in [-0.1, -0.05) is 25.0 Å². The molecule has 1 aliphatic rings. The van der Waals surface area contributed by atoms with Crippen LogP contribution in [0.3, 0.4) is 0 Å². The number of hydrogen-bond acceptors (Lipinski definition) is 2. The summed E-state index contributed by atoms with van der Waals surface area (Å²) in [6.45, 7) is 1.77. The topological polar surface area (TPSA) is 33.2 Å². The summed E-state index contributed by atoms with van der Waals surface area (Å²) in [5, 5.41) is 0.958. The Morgan fingerprint density at radius 3 is 2.58 bits per heavy atom. The molecule has 0 N–H and O–H groups in total. The standard InChI is InChI=1S/C16H18N2O/c19-16(18-11-3-1-2-4-12-18)14-7-5-9-15-13(14)8-6-10-17-15/h5-10H,1-4,11-12H2. The van der Waals surface area contributed by atoms with Crippen LogP contribution in [0.5, 0.6) is 0 Å². The van der Waals surface area contributed by atoms with Gasteiger partial charge in [-0.25, -0.2) is 0 Å². The highest BCUT2D eigenvalue weighted by atomic mass is 16.2. The molecule has 1 aliphatic heterocycles. The van der Waals surface area contributed by atoms with Crippen LogP contribution >= 0.6 is 0 Å². The molecule has 0 aliphatic carbocycles. The van der Waals surface area contributed by atoms with Gasteiger partial charge in [0, 0.05) is 30.2 Å². The van der Waals surface area contributed by atoms with Crippen molar-refractivity contribution >= 4 is 16.8 Å². The summed E-state index contributed by atoms with van der Waals surface area (Å²) in [7, 11) is 0. The van der Waals surface area contributed by atoms with E-state index in [2.05, 4.69) is 4.98 Å². The van der Waals surface area contributed by atoms with Gasteiger partial charge in [0.15, 0.2) is 0 Å². The van der Waals surface area contributed by atoms with E-state index in [0.717, 1.165) is 42.4 Å². The van der Waals surface area contributed by atoms with Crippen LogP contribution in [0.4, 0.5) is 0 Å². The number of aromatic nitrogens is 1. The summed E-state index contributed by atoms with van der Waals surface area (Å²) in [6, 6.07) is 9.65. The molecular formula is C16H18N2O. The maximum Gasteiger partial charge on any atom is 0.254 e. The van der Waals surface area contributed by atoms with Gasteiger partial charge in [-0.3, -0.25) is 9.78 Å². The Balaban J connectivity index is 1.96. The number of carbonyl (C=O) groups is 1. The summed E-state index contributed by atoms with van der Waals surface area (Å²) < 4.78 is 0. The zero-order chi connectivity index (χ0) is 13.1. The lowest BCUT2D eigenvalue weighted by Crippen LogP contribution is -2.31. The first-order valence-electron chi connectivity index (χ1n) is 6.99. The van der Waals surface area contributed by atoms with Crippen LogP contribution < -0.4 is 0 Å². The number of benzene rings is 1. The number of pyridine rings is 1. The fraction of sp³-hybridized carbons (Fsp3) is 0.375. The number of rotatable bonds is 1. The third-order valence-corrected chi connectivity index (χ3v) is 3.77. The molecule has 0 bridgehead atoms. The third-order valence-electron chi connectivity index (χ3n) is 3.77. The van der Waals surface area contributed by atoms with Crippen LogP contribution in [0.1, 0.15) is 36.0 Å². The second-order valence-electron chi connectivity index (χ2n) is 5.08. The molecule has 1 amide bonds. The van der Waals surface area contributed by atoms with Gasteiger partial charge in [0.1, 0.15) is 0 Å². The summed E-state index contributed by atoms with van der Waals surface area (Å²) in [5.41, 5.74) is 1.68. The van der Waals surface area contributed by atoms with Crippen molar-refractivity contribution in [1.82, 2.24) is 9.88 Å². The summed E-state index contributed by atoms with van der Waals surface area (Å²) >= 11 is 0. The maximum atomic E-state index is 12.7. The molecule has 1 aromatic carbocycles. The Bertz CT molecular complexity index is 581. The Hall–Kier alpha value is -1.90. The average Bonchev–Trinajstić information content (AvgIpc) is 2.75. The van der Waals surface area contributed by atoms with Gasteiger partial charge in [0.2, 0.25) is 0 Å². The van der Waals surface area contributed by atoms with E-state index in [-0.39, 0.29) is 5.91 Å². The smallest absolute Gasteiger partial charge is 0.254 e. The summed E-state index contributed by atoms with van der Waals surface area (Å²) in [4.78, 5) is 19.0. The summed E-state index contributed by atoms with van der Waals surface area (Å²) in [6.07, 6.45) is 6.48. The van der Waals surface area contributed by atoms with Crippen LogP contribution in [-0.4, -0.2) is 28.9 Å². The molecule has 98 valence electrons. The lowest BCUT2D eigenvalue weighted by atomic mass is 10.1. The Morgan fingerprint density at radius 1 is 1.00 bits per heavy atom.